The molecule has 14 heavy (non-hydrogen) atoms. The minimum absolute atomic E-state index is 0. The van der Waals surface area contributed by atoms with Crippen molar-refractivity contribution in [1.29, 1.82) is 0 Å². The number of hydrogen-bond acceptors (Lipinski definition) is 3. The van der Waals surface area contributed by atoms with Gasteiger partial charge in [0, 0.05) is 5.75 Å². The number of unbranched alkanes of at least 4 members (excludes halogenated alkanes) is 1. The molecule has 0 aromatic rings. The Kier molecular flexibility index (Phi) is 8.11. The normalized spacial score (nSPS) is 20.1. The lowest BCUT2D eigenvalue weighted by Crippen LogP contribution is -2.43. The van der Waals surface area contributed by atoms with Crippen LogP contribution in [-0.4, -0.2) is 35.3 Å². The average Bonchev–Trinajstić information content (AvgIpc) is 2.14. The maximum absolute atomic E-state index is 10.1. The smallest absolute Gasteiger partial charge is 0.0761 e. The van der Waals surface area contributed by atoms with E-state index in [9.17, 15) is 5.11 Å². The molecular weight excluding hydrogens is 218 g/mol. The molecule has 0 aromatic carbocycles. The number of aliphatic hydroxyl groups is 1. The lowest BCUT2D eigenvalue weighted by atomic mass is 9.95. The number of halogens is 1. The van der Waals surface area contributed by atoms with Crippen LogP contribution in [0.2, 0.25) is 0 Å². The summed E-state index contributed by atoms with van der Waals surface area (Å²) >= 11 is 1.91. The van der Waals surface area contributed by atoms with E-state index in [0.717, 1.165) is 31.7 Å². The maximum atomic E-state index is 10.1. The topological polar surface area (TPSA) is 32.3 Å². The minimum atomic E-state index is -0.371. The Hall–Kier alpha value is 0.560. The highest BCUT2D eigenvalue weighted by molar-refractivity contribution is 7.99. The van der Waals surface area contributed by atoms with Gasteiger partial charge in [0.05, 0.1) is 5.60 Å². The van der Waals surface area contributed by atoms with Gasteiger partial charge in [-0.3, -0.25) is 0 Å². The standard InChI is InChI=1S/C10H21NOS.ClH/c1-2-3-8-13-9-10(12)4-6-11-7-5-10;/h11-12H,2-9H2,1H3;1H. The molecule has 1 fully saturated rings. The lowest BCUT2D eigenvalue weighted by molar-refractivity contribution is 0.0339. The van der Waals surface area contributed by atoms with Crippen LogP contribution in [0.4, 0.5) is 0 Å². The molecule has 1 heterocycles. The molecule has 0 bridgehead atoms. The van der Waals surface area contributed by atoms with Crippen molar-refractivity contribution in [2.75, 3.05) is 24.6 Å². The molecule has 0 aromatic heterocycles. The van der Waals surface area contributed by atoms with Gasteiger partial charge in [0.2, 0.25) is 0 Å². The van der Waals surface area contributed by atoms with E-state index in [1.165, 1.54) is 18.6 Å². The van der Waals surface area contributed by atoms with Gasteiger partial charge in [0.15, 0.2) is 0 Å². The van der Waals surface area contributed by atoms with Crippen molar-refractivity contribution < 1.29 is 5.11 Å². The Morgan fingerprint density at radius 1 is 1.36 bits per heavy atom. The predicted octanol–water partition coefficient (Wildman–Crippen LogP) is 2.06. The third kappa shape index (κ3) is 5.44. The largest absolute Gasteiger partial charge is 0.389 e. The van der Waals surface area contributed by atoms with E-state index >= 15 is 0 Å². The summed E-state index contributed by atoms with van der Waals surface area (Å²) in [6.07, 6.45) is 4.38. The molecule has 0 spiro atoms. The monoisotopic (exact) mass is 239 g/mol. The Bertz CT molecular complexity index is 140. The van der Waals surface area contributed by atoms with Gasteiger partial charge in [-0.05, 0) is 38.1 Å². The molecule has 86 valence electrons. The Morgan fingerprint density at radius 2 is 2.00 bits per heavy atom. The van der Waals surface area contributed by atoms with Crippen LogP contribution in [0.1, 0.15) is 32.6 Å². The van der Waals surface area contributed by atoms with Gasteiger partial charge in [0.25, 0.3) is 0 Å². The zero-order valence-corrected chi connectivity index (χ0v) is 10.6. The van der Waals surface area contributed by atoms with Gasteiger partial charge in [-0.1, -0.05) is 13.3 Å². The van der Waals surface area contributed by atoms with Crippen LogP contribution in [0.15, 0.2) is 0 Å². The molecule has 0 amide bonds. The van der Waals surface area contributed by atoms with Gasteiger partial charge >= 0.3 is 0 Å². The summed E-state index contributed by atoms with van der Waals surface area (Å²) in [5.41, 5.74) is -0.371. The van der Waals surface area contributed by atoms with Crippen LogP contribution in [0.5, 0.6) is 0 Å². The Labute approximate surface area is 97.6 Å². The summed E-state index contributed by atoms with van der Waals surface area (Å²) in [5, 5.41) is 13.4. The van der Waals surface area contributed by atoms with Crippen LogP contribution in [0.3, 0.4) is 0 Å². The Morgan fingerprint density at radius 3 is 2.57 bits per heavy atom. The van der Waals surface area contributed by atoms with E-state index in [1.807, 2.05) is 11.8 Å². The van der Waals surface area contributed by atoms with Crippen molar-refractivity contribution in [3.05, 3.63) is 0 Å². The highest BCUT2D eigenvalue weighted by Crippen LogP contribution is 2.23. The SMILES string of the molecule is CCCCSCC1(O)CCNCC1.Cl. The fraction of sp³-hybridized carbons (Fsp3) is 1.00. The summed E-state index contributed by atoms with van der Waals surface area (Å²) in [7, 11) is 0. The van der Waals surface area contributed by atoms with Crippen molar-refractivity contribution in [2.45, 2.75) is 38.2 Å². The minimum Gasteiger partial charge on any atom is -0.389 e. The first-order chi connectivity index (χ1) is 6.27. The molecule has 0 saturated carbocycles. The molecule has 0 aliphatic carbocycles. The van der Waals surface area contributed by atoms with Gasteiger partial charge in [-0.2, -0.15) is 11.8 Å². The fourth-order valence-corrected chi connectivity index (χ4v) is 2.85. The number of piperidine rings is 1. The molecular formula is C10H22ClNOS. The molecule has 4 heteroatoms. The molecule has 1 rings (SSSR count). The van der Waals surface area contributed by atoms with Crippen LogP contribution in [0.25, 0.3) is 0 Å². The molecule has 0 atom stereocenters. The summed E-state index contributed by atoms with van der Waals surface area (Å²) in [6.45, 7) is 4.16. The Balaban J connectivity index is 0.00000169. The van der Waals surface area contributed by atoms with Crippen molar-refractivity contribution in [1.82, 2.24) is 5.32 Å². The first kappa shape index (κ1) is 14.6. The quantitative estimate of drug-likeness (QED) is 0.721. The van der Waals surface area contributed by atoms with E-state index in [-0.39, 0.29) is 18.0 Å². The zero-order valence-electron chi connectivity index (χ0n) is 8.92. The van der Waals surface area contributed by atoms with Crippen LogP contribution >= 0.6 is 24.2 Å². The highest BCUT2D eigenvalue weighted by Gasteiger charge is 2.28. The van der Waals surface area contributed by atoms with Crippen molar-refractivity contribution in [3.8, 4) is 0 Å². The number of rotatable bonds is 5. The molecule has 2 N–H and O–H groups in total. The van der Waals surface area contributed by atoms with Crippen LogP contribution in [-0.2, 0) is 0 Å². The first-order valence-electron chi connectivity index (χ1n) is 5.28. The van der Waals surface area contributed by atoms with Crippen molar-refractivity contribution in [2.24, 2.45) is 0 Å². The van der Waals surface area contributed by atoms with Gasteiger partial charge in [-0.15, -0.1) is 12.4 Å². The fourth-order valence-electron chi connectivity index (χ4n) is 1.55. The molecule has 1 aliphatic heterocycles. The van der Waals surface area contributed by atoms with Crippen molar-refractivity contribution in [3.63, 3.8) is 0 Å². The number of nitrogens with one attached hydrogen (secondary N) is 1. The highest BCUT2D eigenvalue weighted by atomic mass is 35.5. The first-order valence-corrected chi connectivity index (χ1v) is 6.43. The summed E-state index contributed by atoms with van der Waals surface area (Å²) < 4.78 is 0. The molecule has 1 saturated heterocycles. The average molecular weight is 240 g/mol. The van der Waals surface area contributed by atoms with E-state index in [0.29, 0.717) is 0 Å². The third-order valence-corrected chi connectivity index (χ3v) is 3.87. The second-order valence-corrected chi connectivity index (χ2v) is 4.99. The van der Waals surface area contributed by atoms with Gasteiger partial charge in [-0.25, -0.2) is 0 Å². The van der Waals surface area contributed by atoms with Crippen molar-refractivity contribution >= 4 is 24.2 Å². The van der Waals surface area contributed by atoms with E-state index in [1.54, 1.807) is 0 Å². The maximum Gasteiger partial charge on any atom is 0.0761 e. The van der Waals surface area contributed by atoms with E-state index in [4.69, 9.17) is 0 Å². The van der Waals surface area contributed by atoms with Gasteiger partial charge < -0.3 is 10.4 Å². The molecule has 0 unspecified atom stereocenters. The second-order valence-electron chi connectivity index (χ2n) is 3.88. The predicted molar refractivity (Wildman–Crippen MR) is 66.5 cm³/mol. The number of hydrogen-bond donors (Lipinski definition) is 2. The third-order valence-electron chi connectivity index (χ3n) is 2.55. The van der Waals surface area contributed by atoms with Crippen LogP contribution in [0, 0.1) is 0 Å². The van der Waals surface area contributed by atoms with Crippen LogP contribution < -0.4 is 5.32 Å². The zero-order chi connectivity index (χ0) is 9.57. The summed E-state index contributed by atoms with van der Waals surface area (Å²) in [4.78, 5) is 0. The number of thioether (sulfide) groups is 1. The molecule has 0 radical (unpaired) electrons. The second kappa shape index (κ2) is 7.80. The summed E-state index contributed by atoms with van der Waals surface area (Å²) in [6, 6.07) is 0. The lowest BCUT2D eigenvalue weighted by Gasteiger charge is -2.32. The van der Waals surface area contributed by atoms with E-state index in [2.05, 4.69) is 12.2 Å². The molecule has 1 aliphatic rings. The van der Waals surface area contributed by atoms with Gasteiger partial charge in [0.1, 0.15) is 0 Å². The molecule has 2 nitrogen and oxygen atoms in total. The van der Waals surface area contributed by atoms with E-state index < -0.39 is 0 Å². The summed E-state index contributed by atoms with van der Waals surface area (Å²) in [5.74, 6) is 2.13.